The summed E-state index contributed by atoms with van der Waals surface area (Å²) in [6.45, 7) is 8.87. The first-order chi connectivity index (χ1) is 8.28. The largest absolute Gasteiger partial charge is 0.217 e. The highest BCUT2D eigenvalue weighted by Crippen LogP contribution is 2.25. The Bertz CT molecular complexity index is 480. The molecule has 2 aromatic rings. The average Bonchev–Trinajstić information content (AvgIpc) is 2.84. The Kier molecular flexibility index (Phi) is 3.46. The van der Waals surface area contributed by atoms with Gasteiger partial charge in [-0.3, -0.25) is 0 Å². The van der Waals surface area contributed by atoms with Crippen LogP contribution in [0, 0.1) is 0 Å². The molecular formula is C14H21N3. The minimum atomic E-state index is 1.01. The molecule has 0 bridgehead atoms. The van der Waals surface area contributed by atoms with E-state index in [1.165, 1.54) is 22.4 Å². The summed E-state index contributed by atoms with van der Waals surface area (Å²) in [6, 6.07) is 0. The van der Waals surface area contributed by atoms with E-state index in [9.17, 15) is 0 Å². The summed E-state index contributed by atoms with van der Waals surface area (Å²) < 4.78 is 2.04. The topological polar surface area (TPSA) is 30.2 Å². The zero-order chi connectivity index (χ0) is 12.4. The standard InChI is InChI=1S/C14H21N3/c1-5-10-11(6-2)13(8-4)17-14(12(10)7-3)15-9-16-17/h9H,5-8H2,1-4H3. The van der Waals surface area contributed by atoms with Crippen LogP contribution in [0.25, 0.3) is 5.65 Å². The van der Waals surface area contributed by atoms with Crippen LogP contribution in [-0.2, 0) is 25.7 Å². The number of hydrogen-bond acceptors (Lipinski definition) is 2. The van der Waals surface area contributed by atoms with Crippen molar-refractivity contribution in [2.24, 2.45) is 0 Å². The molecule has 0 aliphatic heterocycles. The molecule has 0 saturated heterocycles. The summed E-state index contributed by atoms with van der Waals surface area (Å²) in [5.74, 6) is 0. The normalized spacial score (nSPS) is 11.3. The van der Waals surface area contributed by atoms with E-state index in [0.29, 0.717) is 0 Å². The van der Waals surface area contributed by atoms with Crippen molar-refractivity contribution in [2.45, 2.75) is 53.4 Å². The maximum Gasteiger partial charge on any atom is 0.159 e. The maximum absolute atomic E-state index is 4.43. The summed E-state index contributed by atoms with van der Waals surface area (Å²) in [7, 11) is 0. The molecule has 3 heteroatoms. The van der Waals surface area contributed by atoms with Crippen LogP contribution < -0.4 is 0 Å². The van der Waals surface area contributed by atoms with Gasteiger partial charge in [-0.2, -0.15) is 5.10 Å². The first-order valence-electron chi connectivity index (χ1n) is 6.63. The number of hydrogen-bond donors (Lipinski definition) is 0. The molecule has 17 heavy (non-hydrogen) atoms. The van der Waals surface area contributed by atoms with Crippen LogP contribution in [0.5, 0.6) is 0 Å². The lowest BCUT2D eigenvalue weighted by molar-refractivity contribution is 0.811. The molecule has 0 aliphatic rings. The van der Waals surface area contributed by atoms with Gasteiger partial charge in [0, 0.05) is 11.3 Å². The molecule has 0 spiro atoms. The van der Waals surface area contributed by atoms with Crippen LogP contribution in [0.2, 0.25) is 0 Å². The summed E-state index contributed by atoms with van der Waals surface area (Å²) in [6.07, 6.45) is 5.88. The maximum atomic E-state index is 4.43. The van der Waals surface area contributed by atoms with Gasteiger partial charge in [-0.05, 0) is 36.8 Å². The molecule has 0 unspecified atom stereocenters. The Balaban J connectivity index is 2.89. The van der Waals surface area contributed by atoms with Gasteiger partial charge in [-0.1, -0.05) is 27.7 Å². The van der Waals surface area contributed by atoms with Crippen molar-refractivity contribution < 1.29 is 0 Å². The van der Waals surface area contributed by atoms with Crippen molar-refractivity contribution in [1.82, 2.24) is 14.6 Å². The Morgan fingerprint density at radius 2 is 1.53 bits per heavy atom. The molecule has 0 amide bonds. The molecular weight excluding hydrogens is 210 g/mol. The fourth-order valence-corrected chi connectivity index (χ4v) is 2.84. The molecule has 2 heterocycles. The van der Waals surface area contributed by atoms with Gasteiger partial charge in [0.2, 0.25) is 0 Å². The summed E-state index contributed by atoms with van der Waals surface area (Å²) >= 11 is 0. The van der Waals surface area contributed by atoms with Gasteiger partial charge in [0.15, 0.2) is 5.65 Å². The SMILES string of the molecule is CCc1c(CC)c(CC)n2ncnc2c1CC. The van der Waals surface area contributed by atoms with Crippen LogP contribution >= 0.6 is 0 Å². The predicted octanol–water partition coefficient (Wildman–Crippen LogP) is 2.98. The molecule has 0 aliphatic carbocycles. The third-order valence-corrected chi connectivity index (χ3v) is 3.55. The van der Waals surface area contributed by atoms with Crippen molar-refractivity contribution >= 4 is 5.65 Å². The van der Waals surface area contributed by atoms with Crippen molar-refractivity contribution in [1.29, 1.82) is 0 Å². The number of pyridine rings is 1. The van der Waals surface area contributed by atoms with Crippen molar-refractivity contribution in [3.63, 3.8) is 0 Å². The molecule has 0 N–H and O–H groups in total. The molecule has 0 aromatic carbocycles. The highest BCUT2D eigenvalue weighted by atomic mass is 15.3. The van der Waals surface area contributed by atoms with E-state index in [-0.39, 0.29) is 0 Å². The summed E-state index contributed by atoms with van der Waals surface area (Å²) in [5, 5.41) is 4.39. The predicted molar refractivity (Wildman–Crippen MR) is 70.5 cm³/mol. The fraction of sp³-hybridized carbons (Fsp3) is 0.571. The Morgan fingerprint density at radius 1 is 0.882 bits per heavy atom. The van der Waals surface area contributed by atoms with Crippen LogP contribution in [0.4, 0.5) is 0 Å². The number of aryl methyl sites for hydroxylation is 2. The second kappa shape index (κ2) is 4.86. The van der Waals surface area contributed by atoms with E-state index in [1.54, 1.807) is 6.33 Å². The summed E-state index contributed by atoms with van der Waals surface area (Å²) in [5.41, 5.74) is 6.73. The minimum absolute atomic E-state index is 1.01. The lowest BCUT2D eigenvalue weighted by Gasteiger charge is -2.17. The average molecular weight is 231 g/mol. The first kappa shape index (κ1) is 12.1. The van der Waals surface area contributed by atoms with E-state index in [2.05, 4.69) is 37.8 Å². The van der Waals surface area contributed by atoms with Gasteiger partial charge < -0.3 is 0 Å². The Morgan fingerprint density at radius 3 is 2.06 bits per heavy atom. The second-order valence-corrected chi connectivity index (χ2v) is 4.29. The van der Waals surface area contributed by atoms with Crippen molar-refractivity contribution in [3.8, 4) is 0 Å². The zero-order valence-corrected chi connectivity index (χ0v) is 11.2. The number of aromatic nitrogens is 3. The molecule has 0 atom stereocenters. The van der Waals surface area contributed by atoms with Gasteiger partial charge in [0.1, 0.15) is 6.33 Å². The highest BCUT2D eigenvalue weighted by molar-refractivity contribution is 5.56. The highest BCUT2D eigenvalue weighted by Gasteiger charge is 2.16. The van der Waals surface area contributed by atoms with E-state index in [4.69, 9.17) is 0 Å². The number of nitrogens with zero attached hydrogens (tertiary/aromatic N) is 3. The van der Waals surface area contributed by atoms with E-state index < -0.39 is 0 Å². The summed E-state index contributed by atoms with van der Waals surface area (Å²) in [4.78, 5) is 4.43. The third kappa shape index (κ3) is 1.74. The van der Waals surface area contributed by atoms with Crippen LogP contribution in [0.15, 0.2) is 6.33 Å². The van der Waals surface area contributed by atoms with Gasteiger partial charge in [0.05, 0.1) is 0 Å². The van der Waals surface area contributed by atoms with Gasteiger partial charge in [-0.25, -0.2) is 9.50 Å². The first-order valence-corrected chi connectivity index (χ1v) is 6.63. The van der Waals surface area contributed by atoms with Gasteiger partial charge in [-0.15, -0.1) is 0 Å². The van der Waals surface area contributed by atoms with Crippen molar-refractivity contribution in [3.05, 3.63) is 28.7 Å². The molecule has 3 nitrogen and oxygen atoms in total. The molecule has 0 fully saturated rings. The smallest absolute Gasteiger partial charge is 0.159 e. The van der Waals surface area contributed by atoms with Crippen LogP contribution in [-0.4, -0.2) is 14.6 Å². The minimum Gasteiger partial charge on any atom is -0.217 e. The fourth-order valence-electron chi connectivity index (χ4n) is 2.84. The number of fused-ring (bicyclic) bond motifs is 1. The zero-order valence-electron chi connectivity index (χ0n) is 11.2. The van der Waals surface area contributed by atoms with Gasteiger partial charge >= 0.3 is 0 Å². The third-order valence-electron chi connectivity index (χ3n) is 3.55. The molecule has 0 saturated carbocycles. The molecule has 0 radical (unpaired) electrons. The number of rotatable bonds is 4. The Labute approximate surface area is 103 Å². The van der Waals surface area contributed by atoms with Gasteiger partial charge in [0.25, 0.3) is 0 Å². The molecule has 2 rings (SSSR count). The lowest BCUT2D eigenvalue weighted by atomic mass is 9.94. The molecule has 2 aromatic heterocycles. The monoisotopic (exact) mass is 231 g/mol. The van der Waals surface area contributed by atoms with Crippen molar-refractivity contribution in [2.75, 3.05) is 0 Å². The quantitative estimate of drug-likeness (QED) is 0.809. The molecule has 92 valence electrons. The van der Waals surface area contributed by atoms with E-state index in [1.807, 2.05) is 4.52 Å². The van der Waals surface area contributed by atoms with E-state index >= 15 is 0 Å². The Hall–Kier alpha value is -1.38. The lowest BCUT2D eigenvalue weighted by Crippen LogP contribution is -2.10. The van der Waals surface area contributed by atoms with Crippen LogP contribution in [0.3, 0.4) is 0 Å². The van der Waals surface area contributed by atoms with E-state index in [0.717, 1.165) is 31.3 Å². The second-order valence-electron chi connectivity index (χ2n) is 4.29. The van der Waals surface area contributed by atoms with Crippen LogP contribution in [0.1, 0.15) is 50.1 Å².